The highest BCUT2D eigenvalue weighted by molar-refractivity contribution is 6.99. The van der Waals surface area contributed by atoms with Crippen LogP contribution in [0.2, 0.25) is 5.04 Å². The average Bonchev–Trinajstić information content (AvgIpc) is 2.74. The summed E-state index contributed by atoms with van der Waals surface area (Å²) in [6, 6.07) is 21.5. The van der Waals surface area contributed by atoms with E-state index in [0.29, 0.717) is 6.61 Å². The first-order chi connectivity index (χ1) is 14.3. The summed E-state index contributed by atoms with van der Waals surface area (Å²) in [6.45, 7) is 11.6. The van der Waals surface area contributed by atoms with Crippen molar-refractivity contribution in [1.29, 1.82) is 0 Å². The van der Waals surface area contributed by atoms with Gasteiger partial charge in [-0.05, 0) is 46.8 Å². The summed E-state index contributed by atoms with van der Waals surface area (Å²) in [6.07, 6.45) is 6.73. The first-order valence-corrected chi connectivity index (χ1v) is 12.5. The number of rotatable bonds is 7. The number of allylic oxidation sites excluding steroid dienone is 1. The maximum absolute atomic E-state index is 6.93. The molecule has 0 amide bonds. The van der Waals surface area contributed by atoms with E-state index in [4.69, 9.17) is 4.43 Å². The standard InChI is InChI=1S/C26H32N2OSi/c1-21-19-27-25(28-20-21)22(2)13-12-18-29-30(26(3,4)5,23-14-8-6-9-15-23)24-16-10-7-11-17-24/h6-11,13-17,19-20H,12,18H2,1-5H3. The Balaban J connectivity index is 1.88. The predicted molar refractivity (Wildman–Crippen MR) is 129 cm³/mol. The van der Waals surface area contributed by atoms with Crippen molar-refractivity contribution < 1.29 is 4.43 Å². The number of benzene rings is 2. The van der Waals surface area contributed by atoms with Gasteiger partial charge in [0.15, 0.2) is 5.82 Å². The molecule has 156 valence electrons. The average molecular weight is 417 g/mol. The molecule has 3 rings (SSSR count). The Morgan fingerprint density at radius 1 is 0.900 bits per heavy atom. The highest BCUT2D eigenvalue weighted by Gasteiger charge is 2.49. The molecule has 0 unspecified atom stereocenters. The van der Waals surface area contributed by atoms with Crippen LogP contribution in [0.1, 0.15) is 45.5 Å². The Morgan fingerprint density at radius 2 is 1.40 bits per heavy atom. The second-order valence-electron chi connectivity index (χ2n) is 8.77. The monoisotopic (exact) mass is 416 g/mol. The molecule has 0 spiro atoms. The van der Waals surface area contributed by atoms with Crippen LogP contribution in [0.5, 0.6) is 0 Å². The van der Waals surface area contributed by atoms with E-state index in [1.165, 1.54) is 10.4 Å². The van der Waals surface area contributed by atoms with Gasteiger partial charge in [0, 0.05) is 19.0 Å². The lowest BCUT2D eigenvalue weighted by molar-refractivity contribution is 0.304. The van der Waals surface area contributed by atoms with Gasteiger partial charge in [0.2, 0.25) is 0 Å². The van der Waals surface area contributed by atoms with Crippen LogP contribution in [-0.4, -0.2) is 24.9 Å². The van der Waals surface area contributed by atoms with Crippen molar-refractivity contribution in [3.63, 3.8) is 0 Å². The van der Waals surface area contributed by atoms with E-state index in [1.54, 1.807) is 0 Å². The van der Waals surface area contributed by atoms with E-state index in [2.05, 4.69) is 104 Å². The van der Waals surface area contributed by atoms with Crippen molar-refractivity contribution in [2.75, 3.05) is 6.61 Å². The van der Waals surface area contributed by atoms with E-state index < -0.39 is 8.32 Å². The van der Waals surface area contributed by atoms with Crippen molar-refractivity contribution in [3.05, 3.63) is 90.5 Å². The minimum Gasteiger partial charge on any atom is -0.407 e. The highest BCUT2D eigenvalue weighted by Crippen LogP contribution is 2.36. The first kappa shape index (κ1) is 22.1. The molecule has 1 aromatic heterocycles. The second kappa shape index (κ2) is 9.50. The fourth-order valence-electron chi connectivity index (χ4n) is 3.94. The van der Waals surface area contributed by atoms with E-state index >= 15 is 0 Å². The lowest BCUT2D eigenvalue weighted by Crippen LogP contribution is -2.66. The van der Waals surface area contributed by atoms with Crippen LogP contribution in [0.3, 0.4) is 0 Å². The summed E-state index contributed by atoms with van der Waals surface area (Å²) >= 11 is 0. The molecule has 0 radical (unpaired) electrons. The molecular weight excluding hydrogens is 384 g/mol. The molecule has 0 saturated carbocycles. The van der Waals surface area contributed by atoms with Gasteiger partial charge in [-0.2, -0.15) is 0 Å². The Labute approximate surface area is 182 Å². The van der Waals surface area contributed by atoms with Gasteiger partial charge < -0.3 is 4.43 Å². The minimum absolute atomic E-state index is 0.00542. The second-order valence-corrected chi connectivity index (χ2v) is 13.1. The van der Waals surface area contributed by atoms with Gasteiger partial charge in [-0.25, -0.2) is 9.97 Å². The lowest BCUT2D eigenvalue weighted by Gasteiger charge is -2.43. The molecule has 2 aromatic carbocycles. The van der Waals surface area contributed by atoms with Crippen molar-refractivity contribution >= 4 is 24.3 Å². The van der Waals surface area contributed by atoms with Crippen LogP contribution < -0.4 is 10.4 Å². The van der Waals surface area contributed by atoms with Gasteiger partial charge in [-0.3, -0.25) is 0 Å². The molecule has 0 aliphatic rings. The molecule has 0 fully saturated rings. The van der Waals surface area contributed by atoms with Gasteiger partial charge in [-0.1, -0.05) is 87.5 Å². The van der Waals surface area contributed by atoms with Gasteiger partial charge in [-0.15, -0.1) is 0 Å². The molecular formula is C26H32N2OSi. The van der Waals surface area contributed by atoms with Crippen LogP contribution in [0.4, 0.5) is 0 Å². The molecule has 0 aliphatic heterocycles. The maximum Gasteiger partial charge on any atom is 0.261 e. The molecule has 1 heterocycles. The third kappa shape index (κ3) is 4.77. The van der Waals surface area contributed by atoms with Gasteiger partial charge in [0.05, 0.1) is 0 Å². The number of hydrogen-bond acceptors (Lipinski definition) is 3. The largest absolute Gasteiger partial charge is 0.407 e. The first-order valence-electron chi connectivity index (χ1n) is 10.6. The van der Waals surface area contributed by atoms with E-state index in [-0.39, 0.29) is 5.04 Å². The Hall–Kier alpha value is -2.56. The lowest BCUT2D eigenvalue weighted by atomic mass is 10.2. The van der Waals surface area contributed by atoms with Crippen molar-refractivity contribution in [2.24, 2.45) is 0 Å². The number of nitrogens with zero attached hydrogens (tertiary/aromatic N) is 2. The predicted octanol–water partition coefficient (Wildman–Crippen LogP) is 5.16. The number of aromatic nitrogens is 2. The van der Waals surface area contributed by atoms with Gasteiger partial charge >= 0.3 is 0 Å². The molecule has 4 heteroatoms. The third-order valence-corrected chi connectivity index (χ3v) is 10.5. The molecule has 0 saturated heterocycles. The van der Waals surface area contributed by atoms with Crippen molar-refractivity contribution in [1.82, 2.24) is 9.97 Å². The zero-order valence-corrected chi connectivity index (χ0v) is 19.7. The molecule has 0 bridgehead atoms. The summed E-state index contributed by atoms with van der Waals surface area (Å²) in [5.74, 6) is 0.783. The Morgan fingerprint density at radius 3 is 1.87 bits per heavy atom. The Bertz CT molecular complexity index is 922. The highest BCUT2D eigenvalue weighted by atomic mass is 28.4. The quantitative estimate of drug-likeness (QED) is 0.394. The maximum atomic E-state index is 6.93. The summed E-state index contributed by atoms with van der Waals surface area (Å²) in [5, 5.41) is 2.62. The zero-order valence-electron chi connectivity index (χ0n) is 18.7. The normalized spacial score (nSPS) is 12.8. The molecule has 3 aromatic rings. The van der Waals surface area contributed by atoms with Crippen LogP contribution >= 0.6 is 0 Å². The topological polar surface area (TPSA) is 35.0 Å². The summed E-state index contributed by atoms with van der Waals surface area (Å²) in [7, 11) is -2.47. The molecule has 0 N–H and O–H groups in total. The SMILES string of the molecule is CC(=CCCO[Si](c1ccccc1)(c1ccccc1)C(C)(C)C)c1ncc(C)cn1. The number of aryl methyl sites for hydroxylation is 1. The fourth-order valence-corrected chi connectivity index (χ4v) is 8.52. The van der Waals surface area contributed by atoms with E-state index in [1.807, 2.05) is 19.3 Å². The van der Waals surface area contributed by atoms with Crippen molar-refractivity contribution in [2.45, 2.75) is 46.1 Å². The fraction of sp³-hybridized carbons (Fsp3) is 0.308. The zero-order chi connectivity index (χ0) is 21.6. The van der Waals surface area contributed by atoms with E-state index in [0.717, 1.165) is 23.4 Å². The van der Waals surface area contributed by atoms with Crippen molar-refractivity contribution in [3.8, 4) is 0 Å². The molecule has 3 nitrogen and oxygen atoms in total. The van der Waals surface area contributed by atoms with Gasteiger partial charge in [0.25, 0.3) is 8.32 Å². The smallest absolute Gasteiger partial charge is 0.261 e. The van der Waals surface area contributed by atoms with E-state index in [9.17, 15) is 0 Å². The third-order valence-electron chi connectivity index (χ3n) is 5.44. The van der Waals surface area contributed by atoms with Crippen LogP contribution in [0, 0.1) is 6.92 Å². The van der Waals surface area contributed by atoms with Gasteiger partial charge in [0.1, 0.15) is 0 Å². The molecule has 0 atom stereocenters. The summed E-state index contributed by atoms with van der Waals surface area (Å²) < 4.78 is 6.93. The summed E-state index contributed by atoms with van der Waals surface area (Å²) in [5.41, 5.74) is 2.16. The number of hydrogen-bond donors (Lipinski definition) is 0. The summed E-state index contributed by atoms with van der Waals surface area (Å²) in [4.78, 5) is 8.86. The minimum atomic E-state index is -2.47. The van der Waals surface area contributed by atoms with Crippen LogP contribution in [0.25, 0.3) is 5.57 Å². The molecule has 30 heavy (non-hydrogen) atoms. The van der Waals surface area contributed by atoms with Crippen LogP contribution in [0.15, 0.2) is 79.1 Å². The van der Waals surface area contributed by atoms with Crippen LogP contribution in [-0.2, 0) is 4.43 Å². The Kier molecular flexibility index (Phi) is 7.01. The molecule has 0 aliphatic carbocycles.